The summed E-state index contributed by atoms with van der Waals surface area (Å²) in [6.45, 7) is 12.4. The van der Waals surface area contributed by atoms with E-state index in [0.29, 0.717) is 6.04 Å². The molecule has 0 atom stereocenters. The predicted octanol–water partition coefficient (Wildman–Crippen LogP) is 3.71. The molecule has 2 fully saturated rings. The van der Waals surface area contributed by atoms with Crippen LogP contribution in [0.25, 0.3) is 0 Å². The van der Waals surface area contributed by atoms with Crippen LogP contribution >= 0.6 is 35.3 Å². The molecule has 0 aliphatic carbocycles. The van der Waals surface area contributed by atoms with Gasteiger partial charge in [-0.3, -0.25) is 9.89 Å². The topological polar surface area (TPSA) is 55.8 Å². The van der Waals surface area contributed by atoms with Crippen molar-refractivity contribution in [2.24, 2.45) is 10.9 Å². The number of nitrogens with one attached hydrogen (secondary N) is 2. The fourth-order valence-corrected chi connectivity index (χ4v) is 4.97. The summed E-state index contributed by atoms with van der Waals surface area (Å²) in [4.78, 5) is 14.2. The lowest BCUT2D eigenvalue weighted by Gasteiger charge is -2.34. The van der Waals surface area contributed by atoms with Gasteiger partial charge in [-0.15, -0.1) is 35.3 Å². The molecule has 2 aliphatic rings. The summed E-state index contributed by atoms with van der Waals surface area (Å²) in [7, 11) is 1.89. The van der Waals surface area contributed by atoms with Crippen LogP contribution in [0.15, 0.2) is 10.4 Å². The van der Waals surface area contributed by atoms with Crippen LogP contribution in [-0.4, -0.2) is 73.1 Å². The molecule has 0 saturated carbocycles. The van der Waals surface area contributed by atoms with Gasteiger partial charge in [-0.2, -0.15) is 0 Å². The summed E-state index contributed by atoms with van der Waals surface area (Å²) >= 11 is 1.75. The number of halogens is 1. The van der Waals surface area contributed by atoms with Gasteiger partial charge in [0.2, 0.25) is 0 Å². The number of unbranched alkanes of at least 4 members (excludes halogenated alkanes) is 1. The minimum Gasteiger partial charge on any atom is -0.356 e. The summed E-state index contributed by atoms with van der Waals surface area (Å²) in [6.07, 6.45) is 7.56. The first-order valence-corrected chi connectivity index (χ1v) is 12.4. The number of guanidine groups is 1. The van der Waals surface area contributed by atoms with Crippen molar-refractivity contribution < 1.29 is 0 Å². The zero-order chi connectivity index (χ0) is 20.5. The number of rotatable bonds is 8. The summed E-state index contributed by atoms with van der Waals surface area (Å²) in [5.41, 5.74) is 1.23. The molecule has 6 nitrogen and oxygen atoms in total. The largest absolute Gasteiger partial charge is 0.356 e. The molecule has 3 heterocycles. The lowest BCUT2D eigenvalue weighted by Crippen LogP contribution is -2.50. The number of thiazole rings is 1. The Bertz CT molecular complexity index is 621. The van der Waals surface area contributed by atoms with Crippen LogP contribution in [0.1, 0.15) is 56.2 Å². The lowest BCUT2D eigenvalue weighted by molar-refractivity contribution is 0.176. The summed E-state index contributed by atoms with van der Waals surface area (Å²) in [6, 6.07) is 0.558. The van der Waals surface area contributed by atoms with Crippen LogP contribution in [0.2, 0.25) is 0 Å². The van der Waals surface area contributed by atoms with E-state index in [9.17, 15) is 0 Å². The number of aryl methyl sites for hydroxylation is 1. The van der Waals surface area contributed by atoms with Gasteiger partial charge in [0.15, 0.2) is 5.96 Å². The molecule has 2 N–H and O–H groups in total. The maximum Gasteiger partial charge on any atom is 0.191 e. The molecule has 3 rings (SSSR count). The molecule has 0 unspecified atom stereocenters. The van der Waals surface area contributed by atoms with E-state index in [1.54, 1.807) is 11.3 Å². The Hall–Kier alpha value is -0.450. The fourth-order valence-electron chi connectivity index (χ4n) is 4.37. The minimum atomic E-state index is 0. The molecule has 1 aromatic rings. The van der Waals surface area contributed by atoms with Crippen molar-refractivity contribution in [3.63, 3.8) is 0 Å². The number of aliphatic imine (C=N–C) groups is 1. The van der Waals surface area contributed by atoms with E-state index < -0.39 is 0 Å². The van der Waals surface area contributed by atoms with Crippen molar-refractivity contribution in [3.05, 3.63) is 16.1 Å². The van der Waals surface area contributed by atoms with E-state index in [2.05, 4.69) is 49.6 Å². The molecule has 2 saturated heterocycles. The van der Waals surface area contributed by atoms with E-state index >= 15 is 0 Å². The van der Waals surface area contributed by atoms with Gasteiger partial charge in [0.25, 0.3) is 0 Å². The number of aromatic nitrogens is 1. The van der Waals surface area contributed by atoms with Gasteiger partial charge >= 0.3 is 0 Å². The second-order valence-electron chi connectivity index (χ2n) is 8.64. The van der Waals surface area contributed by atoms with E-state index in [-0.39, 0.29) is 24.0 Å². The maximum absolute atomic E-state index is 4.61. The number of hydrogen-bond acceptors (Lipinski definition) is 5. The quantitative estimate of drug-likeness (QED) is 0.295. The van der Waals surface area contributed by atoms with Gasteiger partial charge in [-0.25, -0.2) is 4.98 Å². The van der Waals surface area contributed by atoms with Crippen LogP contribution < -0.4 is 10.6 Å². The van der Waals surface area contributed by atoms with Crippen molar-refractivity contribution >= 4 is 41.3 Å². The molecule has 0 aromatic carbocycles. The fraction of sp³-hybridized carbons (Fsp3) is 0.818. The third kappa shape index (κ3) is 8.59. The molecule has 30 heavy (non-hydrogen) atoms. The van der Waals surface area contributed by atoms with Crippen LogP contribution in [-0.2, 0) is 6.54 Å². The Morgan fingerprint density at radius 1 is 1.17 bits per heavy atom. The minimum absolute atomic E-state index is 0. The Morgan fingerprint density at radius 3 is 2.47 bits per heavy atom. The van der Waals surface area contributed by atoms with E-state index in [1.807, 2.05) is 7.05 Å². The highest BCUT2D eigenvalue weighted by Gasteiger charge is 2.22. The highest BCUT2D eigenvalue weighted by atomic mass is 127. The lowest BCUT2D eigenvalue weighted by atomic mass is 9.97. The molecule has 0 bridgehead atoms. The number of likely N-dealkylation sites (tertiary alicyclic amines) is 2. The molecule has 0 spiro atoms. The average Bonchev–Trinajstić information content (AvgIpc) is 3.16. The summed E-state index contributed by atoms with van der Waals surface area (Å²) in [5.74, 6) is 1.72. The second kappa shape index (κ2) is 13.9. The van der Waals surface area contributed by atoms with Gasteiger partial charge in [0.05, 0.1) is 10.7 Å². The Balaban J connectivity index is 0.00000320. The predicted molar refractivity (Wildman–Crippen MR) is 139 cm³/mol. The summed E-state index contributed by atoms with van der Waals surface area (Å²) < 4.78 is 0. The molecule has 2 aliphatic heterocycles. The number of nitrogens with zero attached hydrogens (tertiary/aromatic N) is 4. The normalized spacial score (nSPS) is 20.2. The van der Waals surface area contributed by atoms with Crippen molar-refractivity contribution in [2.45, 2.75) is 65.0 Å². The zero-order valence-corrected chi connectivity index (χ0v) is 22.2. The average molecular weight is 549 g/mol. The van der Waals surface area contributed by atoms with Crippen LogP contribution in [0.5, 0.6) is 0 Å². The second-order valence-corrected chi connectivity index (χ2v) is 9.71. The highest BCUT2D eigenvalue weighted by Crippen LogP contribution is 2.19. The van der Waals surface area contributed by atoms with Crippen molar-refractivity contribution in [1.82, 2.24) is 25.4 Å². The zero-order valence-electron chi connectivity index (χ0n) is 19.0. The highest BCUT2D eigenvalue weighted by molar-refractivity contribution is 14.0. The molecular weight excluding hydrogens is 507 g/mol. The number of piperidine rings is 2. The monoisotopic (exact) mass is 548 g/mol. The van der Waals surface area contributed by atoms with Gasteiger partial charge < -0.3 is 15.5 Å². The molecule has 1 aromatic heterocycles. The van der Waals surface area contributed by atoms with Gasteiger partial charge in [0.1, 0.15) is 0 Å². The van der Waals surface area contributed by atoms with Crippen molar-refractivity contribution in [2.75, 3.05) is 46.3 Å². The number of hydrogen-bond donors (Lipinski definition) is 2. The Kier molecular flexibility index (Phi) is 11.9. The molecule has 0 radical (unpaired) electrons. The maximum atomic E-state index is 4.61. The van der Waals surface area contributed by atoms with E-state index in [0.717, 1.165) is 25.0 Å². The first kappa shape index (κ1) is 25.8. The van der Waals surface area contributed by atoms with E-state index in [1.165, 1.54) is 82.0 Å². The smallest absolute Gasteiger partial charge is 0.191 e. The van der Waals surface area contributed by atoms with Crippen molar-refractivity contribution in [1.29, 1.82) is 0 Å². The van der Waals surface area contributed by atoms with Gasteiger partial charge in [0, 0.05) is 44.6 Å². The molecular formula is C22H41IN6S. The van der Waals surface area contributed by atoms with Gasteiger partial charge in [-0.1, -0.05) is 13.3 Å². The third-order valence-corrected chi connectivity index (χ3v) is 7.12. The molecule has 8 heteroatoms. The molecule has 0 amide bonds. The SMILES string of the molecule is CCCCN1CCC(NC(=NC)NCC2CCN(Cc3csc(C)n3)CC2)CC1.I. The first-order chi connectivity index (χ1) is 14.2. The van der Waals surface area contributed by atoms with E-state index in [4.69, 9.17) is 0 Å². The summed E-state index contributed by atoms with van der Waals surface area (Å²) in [5, 5.41) is 10.6. The first-order valence-electron chi connectivity index (χ1n) is 11.5. The standard InChI is InChI=1S/C22H40N6S.HI/c1-4-5-10-27-13-8-20(9-14-27)26-22(23-3)24-15-19-6-11-28(12-7-19)16-21-17-29-18(2)25-21;/h17,19-20H,4-16H2,1-3H3,(H2,23,24,26);1H. The molecule has 172 valence electrons. The Labute approximate surface area is 204 Å². The van der Waals surface area contributed by atoms with Gasteiger partial charge in [-0.05, 0) is 64.6 Å². The van der Waals surface area contributed by atoms with Crippen LogP contribution in [0, 0.1) is 12.8 Å². The Morgan fingerprint density at radius 2 is 1.87 bits per heavy atom. The van der Waals surface area contributed by atoms with Crippen LogP contribution in [0.3, 0.4) is 0 Å². The van der Waals surface area contributed by atoms with Crippen LogP contribution in [0.4, 0.5) is 0 Å². The third-order valence-electron chi connectivity index (χ3n) is 6.30. The van der Waals surface area contributed by atoms with Crippen molar-refractivity contribution in [3.8, 4) is 0 Å².